The van der Waals surface area contributed by atoms with E-state index < -0.39 is 10.0 Å². The van der Waals surface area contributed by atoms with Crippen LogP contribution in [0.4, 0.5) is 5.13 Å². The van der Waals surface area contributed by atoms with E-state index in [1.54, 1.807) is 20.9 Å². The van der Waals surface area contributed by atoms with Gasteiger partial charge in [0.05, 0.1) is 0 Å². The molecule has 104 valence electrons. The average molecular weight is 302 g/mol. The summed E-state index contributed by atoms with van der Waals surface area (Å²) in [5.74, 6) is 0.948. The maximum Gasteiger partial charge on any atom is 0.267 e. The zero-order valence-electron chi connectivity index (χ0n) is 10.7. The molecule has 0 bridgehead atoms. The van der Waals surface area contributed by atoms with Crippen LogP contribution in [0.3, 0.4) is 0 Å². The van der Waals surface area contributed by atoms with Crippen molar-refractivity contribution in [2.24, 2.45) is 0 Å². The fourth-order valence-electron chi connectivity index (χ4n) is 1.83. The molecule has 9 heteroatoms. The van der Waals surface area contributed by atoms with Crippen molar-refractivity contribution >= 4 is 26.5 Å². The smallest absolute Gasteiger partial charge is 0.267 e. The van der Waals surface area contributed by atoms with Gasteiger partial charge in [-0.3, -0.25) is 4.72 Å². The molecule has 0 aliphatic carbocycles. The Labute approximate surface area is 115 Å². The molecule has 0 unspecified atom stereocenters. The molecule has 0 fully saturated rings. The Kier molecular flexibility index (Phi) is 3.88. The van der Waals surface area contributed by atoms with E-state index in [0.717, 1.165) is 11.3 Å². The third kappa shape index (κ3) is 2.77. The van der Waals surface area contributed by atoms with Gasteiger partial charge in [0.15, 0.2) is 0 Å². The van der Waals surface area contributed by atoms with Gasteiger partial charge in [0.25, 0.3) is 10.0 Å². The van der Waals surface area contributed by atoms with E-state index in [2.05, 4.69) is 20.2 Å². The molecule has 0 saturated heterocycles. The van der Waals surface area contributed by atoms with Crippen LogP contribution in [-0.2, 0) is 16.6 Å². The molecule has 0 aliphatic rings. The van der Waals surface area contributed by atoms with Crippen LogP contribution >= 0.6 is 11.3 Å². The summed E-state index contributed by atoms with van der Waals surface area (Å²) in [5, 5.41) is 10.4. The molecule has 2 N–H and O–H groups in total. The molecule has 19 heavy (non-hydrogen) atoms. The summed E-state index contributed by atoms with van der Waals surface area (Å²) in [6.45, 7) is 3.78. The second-order valence-corrected chi connectivity index (χ2v) is 6.35. The van der Waals surface area contributed by atoms with Gasteiger partial charge in [-0.25, -0.2) is 8.42 Å². The molecule has 2 rings (SSSR count). The number of sulfonamides is 1. The molecule has 2 aromatic heterocycles. The minimum Gasteiger partial charge on any atom is -0.465 e. The number of nitrogens with one attached hydrogen (secondary N) is 2. The van der Waals surface area contributed by atoms with Crippen molar-refractivity contribution in [2.75, 3.05) is 11.8 Å². The van der Waals surface area contributed by atoms with Crippen LogP contribution in [0.1, 0.15) is 17.1 Å². The zero-order valence-corrected chi connectivity index (χ0v) is 12.4. The predicted molar refractivity (Wildman–Crippen MR) is 71.7 cm³/mol. The molecule has 2 heterocycles. The highest BCUT2D eigenvalue weighted by molar-refractivity contribution is 7.93. The van der Waals surface area contributed by atoms with Gasteiger partial charge in [0, 0.05) is 12.1 Å². The van der Waals surface area contributed by atoms with E-state index in [9.17, 15) is 8.42 Å². The summed E-state index contributed by atoms with van der Waals surface area (Å²) in [4.78, 5) is 0.162. The first-order valence-electron chi connectivity index (χ1n) is 5.48. The second-order valence-electron chi connectivity index (χ2n) is 3.90. The number of hydrogen-bond donors (Lipinski definition) is 2. The van der Waals surface area contributed by atoms with Crippen molar-refractivity contribution in [2.45, 2.75) is 25.3 Å². The van der Waals surface area contributed by atoms with Crippen molar-refractivity contribution in [3.05, 3.63) is 22.6 Å². The minimum atomic E-state index is -3.72. The topological polar surface area (TPSA) is 97.1 Å². The number of aryl methyl sites for hydroxylation is 2. The van der Waals surface area contributed by atoms with Crippen LogP contribution in [-0.4, -0.2) is 25.7 Å². The molecule has 0 saturated carbocycles. The summed E-state index contributed by atoms with van der Waals surface area (Å²) in [6, 6.07) is 0. The van der Waals surface area contributed by atoms with Gasteiger partial charge in [0.1, 0.15) is 21.9 Å². The standard InChI is InChI=1S/C10H14N4O3S2/c1-6-8(4-11-3)9(7(2)17-6)19(15,16)14-10-13-12-5-18-10/h5,11H,4H2,1-3H3,(H,13,14). The van der Waals surface area contributed by atoms with Crippen LogP contribution in [0.25, 0.3) is 0 Å². The summed E-state index contributed by atoms with van der Waals surface area (Å²) in [7, 11) is -1.98. The lowest BCUT2D eigenvalue weighted by molar-refractivity contribution is 0.494. The molecule has 0 atom stereocenters. The maximum atomic E-state index is 12.4. The molecule has 0 spiro atoms. The second kappa shape index (κ2) is 5.27. The quantitative estimate of drug-likeness (QED) is 0.863. The SMILES string of the molecule is CNCc1c(C)oc(C)c1S(=O)(=O)Nc1nncs1. The van der Waals surface area contributed by atoms with E-state index >= 15 is 0 Å². The number of hydrogen-bond acceptors (Lipinski definition) is 7. The van der Waals surface area contributed by atoms with Crippen molar-refractivity contribution in [1.82, 2.24) is 15.5 Å². The lowest BCUT2D eigenvalue weighted by Gasteiger charge is -2.06. The monoisotopic (exact) mass is 302 g/mol. The van der Waals surface area contributed by atoms with Gasteiger partial charge in [-0.1, -0.05) is 11.3 Å². The van der Waals surface area contributed by atoms with Gasteiger partial charge in [-0.15, -0.1) is 10.2 Å². The van der Waals surface area contributed by atoms with Gasteiger partial charge in [0.2, 0.25) is 5.13 Å². The normalized spacial score (nSPS) is 11.7. The highest BCUT2D eigenvalue weighted by atomic mass is 32.2. The maximum absolute atomic E-state index is 12.4. The lowest BCUT2D eigenvalue weighted by Crippen LogP contribution is -2.17. The fraction of sp³-hybridized carbons (Fsp3) is 0.400. The summed E-state index contributed by atoms with van der Waals surface area (Å²) in [6.07, 6.45) is 0. The van der Waals surface area contributed by atoms with E-state index in [-0.39, 0.29) is 10.0 Å². The van der Waals surface area contributed by atoms with E-state index in [0.29, 0.717) is 23.6 Å². The predicted octanol–water partition coefficient (Wildman–Crippen LogP) is 1.27. The Bertz CT molecular complexity index is 661. The van der Waals surface area contributed by atoms with Gasteiger partial charge >= 0.3 is 0 Å². The number of furan rings is 1. The Morgan fingerprint density at radius 1 is 1.37 bits per heavy atom. The largest absolute Gasteiger partial charge is 0.465 e. The van der Waals surface area contributed by atoms with Crippen molar-refractivity contribution in [3.8, 4) is 0 Å². The molecule has 0 aliphatic heterocycles. The Hall–Kier alpha value is -1.45. The van der Waals surface area contributed by atoms with Gasteiger partial charge < -0.3 is 9.73 Å². The Balaban J connectivity index is 2.45. The van der Waals surface area contributed by atoms with Crippen LogP contribution in [0.2, 0.25) is 0 Å². The van der Waals surface area contributed by atoms with E-state index in [1.807, 2.05) is 0 Å². The summed E-state index contributed by atoms with van der Waals surface area (Å²) >= 11 is 1.12. The van der Waals surface area contributed by atoms with Crippen molar-refractivity contribution < 1.29 is 12.8 Å². The zero-order chi connectivity index (χ0) is 14.0. The third-order valence-electron chi connectivity index (χ3n) is 2.53. The fourth-order valence-corrected chi connectivity index (χ4v) is 3.97. The van der Waals surface area contributed by atoms with E-state index in [1.165, 1.54) is 5.51 Å². The van der Waals surface area contributed by atoms with Crippen LogP contribution in [0.15, 0.2) is 14.8 Å². The minimum absolute atomic E-state index is 0.162. The van der Waals surface area contributed by atoms with Gasteiger partial charge in [-0.2, -0.15) is 0 Å². The number of anilines is 1. The molecule has 0 radical (unpaired) electrons. The number of rotatable bonds is 5. The molecular weight excluding hydrogens is 288 g/mol. The Morgan fingerprint density at radius 2 is 2.11 bits per heavy atom. The molecule has 0 aromatic carbocycles. The molecule has 2 aromatic rings. The summed E-state index contributed by atoms with van der Waals surface area (Å²) in [5.41, 5.74) is 2.08. The first kappa shape index (κ1) is 14.0. The molecular formula is C10H14N4O3S2. The first-order chi connectivity index (χ1) is 8.95. The highest BCUT2D eigenvalue weighted by Gasteiger charge is 2.27. The average Bonchev–Trinajstić information content (AvgIpc) is 2.88. The molecule has 7 nitrogen and oxygen atoms in total. The van der Waals surface area contributed by atoms with Crippen LogP contribution in [0, 0.1) is 13.8 Å². The number of nitrogens with zero attached hydrogens (tertiary/aromatic N) is 2. The number of aromatic nitrogens is 2. The van der Waals surface area contributed by atoms with E-state index in [4.69, 9.17) is 4.42 Å². The summed E-state index contributed by atoms with van der Waals surface area (Å²) < 4.78 is 32.5. The third-order valence-corrected chi connectivity index (χ3v) is 4.80. The van der Waals surface area contributed by atoms with Crippen molar-refractivity contribution in [3.63, 3.8) is 0 Å². The first-order valence-corrected chi connectivity index (χ1v) is 7.84. The highest BCUT2D eigenvalue weighted by Crippen LogP contribution is 2.28. The molecule has 0 amide bonds. The van der Waals surface area contributed by atoms with Crippen LogP contribution in [0.5, 0.6) is 0 Å². The lowest BCUT2D eigenvalue weighted by atomic mass is 10.2. The Morgan fingerprint density at radius 3 is 2.68 bits per heavy atom. The van der Waals surface area contributed by atoms with Gasteiger partial charge in [-0.05, 0) is 20.9 Å². The van der Waals surface area contributed by atoms with Crippen molar-refractivity contribution in [1.29, 1.82) is 0 Å². The van der Waals surface area contributed by atoms with Crippen LogP contribution < -0.4 is 10.0 Å².